The number of hydrogen-bond acceptors (Lipinski definition) is 6. The molecule has 1 amide bonds. The van der Waals surface area contributed by atoms with E-state index in [1.165, 1.54) is 19.2 Å². The quantitative estimate of drug-likeness (QED) is 0.664. The van der Waals surface area contributed by atoms with Crippen LogP contribution in [0.3, 0.4) is 0 Å². The van der Waals surface area contributed by atoms with Gasteiger partial charge in [-0.3, -0.25) is 4.79 Å². The molecule has 0 saturated carbocycles. The Balaban J connectivity index is 1.85. The normalized spacial score (nSPS) is 13.8. The summed E-state index contributed by atoms with van der Waals surface area (Å²) in [7, 11) is 1.48. The summed E-state index contributed by atoms with van der Waals surface area (Å²) in [5.74, 6) is 1.00. The number of esters is 1. The number of benzene rings is 1. The van der Waals surface area contributed by atoms with Crippen LogP contribution in [-0.4, -0.2) is 44.8 Å². The third kappa shape index (κ3) is 6.34. The Bertz CT molecular complexity index is 641. The smallest absolute Gasteiger partial charge is 0.338 e. The predicted molar refractivity (Wildman–Crippen MR) is 101 cm³/mol. The van der Waals surface area contributed by atoms with E-state index in [4.69, 9.17) is 18.9 Å². The summed E-state index contributed by atoms with van der Waals surface area (Å²) in [6.07, 6.45) is 3.08. The Kier molecular flexibility index (Phi) is 7.76. The molecule has 1 atom stereocenters. The van der Waals surface area contributed by atoms with Crippen LogP contribution in [0.1, 0.15) is 50.4 Å². The third-order valence-corrected chi connectivity index (χ3v) is 4.22. The summed E-state index contributed by atoms with van der Waals surface area (Å²) in [4.78, 5) is 24.3. The Hall–Kier alpha value is -2.44. The van der Waals surface area contributed by atoms with Gasteiger partial charge in [0.2, 0.25) is 5.75 Å². The van der Waals surface area contributed by atoms with E-state index >= 15 is 0 Å². The first kappa shape index (κ1) is 20.9. The second-order valence-corrected chi connectivity index (χ2v) is 7.07. The second-order valence-electron chi connectivity index (χ2n) is 7.07. The molecule has 150 valence electrons. The van der Waals surface area contributed by atoms with Crippen molar-refractivity contribution in [1.82, 2.24) is 5.32 Å². The topological polar surface area (TPSA) is 83.1 Å². The van der Waals surface area contributed by atoms with E-state index in [1.54, 1.807) is 0 Å². The zero-order chi connectivity index (χ0) is 19.8. The molecule has 7 nitrogen and oxygen atoms in total. The first-order valence-electron chi connectivity index (χ1n) is 9.34. The molecule has 1 aromatic rings. The summed E-state index contributed by atoms with van der Waals surface area (Å²) in [5.41, 5.74) is 0.244. The van der Waals surface area contributed by atoms with Crippen molar-refractivity contribution in [1.29, 1.82) is 0 Å². The summed E-state index contributed by atoms with van der Waals surface area (Å²) in [6.45, 7) is 6.79. The summed E-state index contributed by atoms with van der Waals surface area (Å²) < 4.78 is 21.4. The maximum atomic E-state index is 12.3. The molecule has 0 saturated heterocycles. The van der Waals surface area contributed by atoms with Crippen molar-refractivity contribution in [3.05, 3.63) is 17.7 Å². The highest BCUT2D eigenvalue weighted by atomic mass is 16.6. The predicted octanol–water partition coefficient (Wildman–Crippen LogP) is 2.95. The zero-order valence-corrected chi connectivity index (χ0v) is 16.5. The van der Waals surface area contributed by atoms with Crippen molar-refractivity contribution in [3.8, 4) is 17.2 Å². The molecule has 0 unspecified atom stereocenters. The summed E-state index contributed by atoms with van der Waals surface area (Å²) in [5, 5.41) is 2.85. The van der Waals surface area contributed by atoms with Gasteiger partial charge in [0.15, 0.2) is 18.1 Å². The number of carbonyl (C=O) groups is 2. The number of hydrogen-bond donors (Lipinski definition) is 1. The van der Waals surface area contributed by atoms with Crippen LogP contribution in [0.4, 0.5) is 0 Å². The van der Waals surface area contributed by atoms with Crippen LogP contribution >= 0.6 is 0 Å². The number of amides is 1. The van der Waals surface area contributed by atoms with Gasteiger partial charge in [-0.15, -0.1) is 0 Å². The molecule has 1 aromatic carbocycles. The zero-order valence-electron chi connectivity index (χ0n) is 16.5. The monoisotopic (exact) mass is 379 g/mol. The molecule has 0 radical (unpaired) electrons. The molecular formula is C20H29NO6. The lowest BCUT2D eigenvalue weighted by molar-refractivity contribution is -0.124. The van der Waals surface area contributed by atoms with E-state index in [2.05, 4.69) is 19.2 Å². The molecule has 1 heterocycles. The fourth-order valence-corrected chi connectivity index (χ4v) is 2.83. The Morgan fingerprint density at radius 1 is 1.15 bits per heavy atom. The lowest BCUT2D eigenvalue weighted by atomic mass is 10.0. The Morgan fingerprint density at radius 2 is 1.89 bits per heavy atom. The molecule has 0 aliphatic carbocycles. The first-order chi connectivity index (χ1) is 12.9. The van der Waals surface area contributed by atoms with Gasteiger partial charge in [-0.2, -0.15) is 0 Å². The average Bonchev–Trinajstić information content (AvgIpc) is 2.64. The van der Waals surface area contributed by atoms with E-state index in [-0.39, 0.29) is 24.1 Å². The fourth-order valence-electron chi connectivity index (χ4n) is 2.83. The number of nitrogens with one attached hydrogen (secondary N) is 1. The minimum Gasteiger partial charge on any atom is -0.493 e. The standard InChI is InChI=1S/C20H29NO6/c1-13(2)6-5-7-14(3)21-18(22)12-27-20(23)15-10-16(24-4)19-17(11-15)25-8-9-26-19/h10-11,13-14H,5-9,12H2,1-4H3,(H,21,22)/t14-/m0/s1. The molecule has 27 heavy (non-hydrogen) atoms. The van der Waals surface area contributed by atoms with Gasteiger partial charge >= 0.3 is 5.97 Å². The van der Waals surface area contributed by atoms with Crippen LogP contribution in [0, 0.1) is 5.92 Å². The van der Waals surface area contributed by atoms with Crippen molar-refractivity contribution >= 4 is 11.9 Å². The highest BCUT2D eigenvalue weighted by Gasteiger charge is 2.22. The highest BCUT2D eigenvalue weighted by molar-refractivity contribution is 5.92. The van der Waals surface area contributed by atoms with Crippen molar-refractivity contribution in [2.75, 3.05) is 26.9 Å². The lowest BCUT2D eigenvalue weighted by Gasteiger charge is -2.21. The van der Waals surface area contributed by atoms with E-state index in [0.717, 1.165) is 19.3 Å². The van der Waals surface area contributed by atoms with E-state index < -0.39 is 5.97 Å². The van der Waals surface area contributed by atoms with Crippen molar-refractivity contribution < 1.29 is 28.5 Å². The van der Waals surface area contributed by atoms with Crippen LogP contribution in [-0.2, 0) is 9.53 Å². The van der Waals surface area contributed by atoms with Gasteiger partial charge in [-0.05, 0) is 31.4 Å². The Morgan fingerprint density at radius 3 is 2.59 bits per heavy atom. The number of rotatable bonds is 9. The molecule has 0 bridgehead atoms. The average molecular weight is 379 g/mol. The number of ether oxygens (including phenoxy) is 4. The largest absolute Gasteiger partial charge is 0.493 e. The maximum absolute atomic E-state index is 12.3. The minimum atomic E-state index is -0.618. The van der Waals surface area contributed by atoms with Crippen LogP contribution in [0.2, 0.25) is 0 Å². The number of carbonyl (C=O) groups excluding carboxylic acids is 2. The minimum absolute atomic E-state index is 0.0457. The van der Waals surface area contributed by atoms with Crippen molar-refractivity contribution in [3.63, 3.8) is 0 Å². The molecule has 7 heteroatoms. The highest BCUT2D eigenvalue weighted by Crippen LogP contribution is 2.40. The lowest BCUT2D eigenvalue weighted by Crippen LogP contribution is -2.35. The van der Waals surface area contributed by atoms with Gasteiger partial charge in [0.1, 0.15) is 13.2 Å². The second kappa shape index (κ2) is 10.0. The Labute approximate surface area is 160 Å². The van der Waals surface area contributed by atoms with Crippen LogP contribution in [0.5, 0.6) is 17.2 Å². The van der Waals surface area contributed by atoms with E-state index in [0.29, 0.717) is 36.4 Å². The van der Waals surface area contributed by atoms with Crippen molar-refractivity contribution in [2.24, 2.45) is 5.92 Å². The molecule has 0 aromatic heterocycles. The summed E-state index contributed by atoms with van der Waals surface area (Å²) >= 11 is 0. The van der Waals surface area contributed by atoms with Crippen LogP contribution in [0.15, 0.2) is 12.1 Å². The van der Waals surface area contributed by atoms with E-state index in [1.807, 2.05) is 6.92 Å². The molecule has 1 aliphatic rings. The number of methoxy groups -OCH3 is 1. The molecule has 0 fully saturated rings. The maximum Gasteiger partial charge on any atom is 0.338 e. The van der Waals surface area contributed by atoms with Gasteiger partial charge < -0.3 is 24.3 Å². The van der Waals surface area contributed by atoms with Crippen molar-refractivity contribution in [2.45, 2.75) is 46.1 Å². The van der Waals surface area contributed by atoms with Gasteiger partial charge in [-0.25, -0.2) is 4.79 Å². The molecule has 0 spiro atoms. The van der Waals surface area contributed by atoms with E-state index in [9.17, 15) is 9.59 Å². The molecule has 1 aliphatic heterocycles. The molecule has 2 rings (SSSR count). The SMILES string of the molecule is COc1cc(C(=O)OCC(=O)N[C@@H](C)CCCC(C)C)cc2c1OCCO2. The third-order valence-electron chi connectivity index (χ3n) is 4.22. The van der Waals surface area contributed by atoms with Crippen LogP contribution in [0.25, 0.3) is 0 Å². The molecular weight excluding hydrogens is 350 g/mol. The first-order valence-corrected chi connectivity index (χ1v) is 9.34. The van der Waals surface area contributed by atoms with Gasteiger partial charge in [0.05, 0.1) is 12.7 Å². The van der Waals surface area contributed by atoms with Crippen LogP contribution < -0.4 is 19.5 Å². The van der Waals surface area contributed by atoms with Gasteiger partial charge in [-0.1, -0.05) is 26.7 Å². The van der Waals surface area contributed by atoms with Gasteiger partial charge in [0, 0.05) is 6.04 Å². The summed E-state index contributed by atoms with van der Waals surface area (Å²) in [6, 6.07) is 3.10. The number of fused-ring (bicyclic) bond motifs is 1. The fraction of sp³-hybridized carbons (Fsp3) is 0.600. The van der Waals surface area contributed by atoms with Gasteiger partial charge in [0.25, 0.3) is 5.91 Å². The molecule has 1 N–H and O–H groups in total.